The van der Waals surface area contributed by atoms with Crippen molar-refractivity contribution >= 4 is 17.0 Å². The van der Waals surface area contributed by atoms with Gasteiger partial charge in [-0.05, 0) is 23.3 Å². The first-order valence-electron chi connectivity index (χ1n) is 10.7. The number of H-pyrrole nitrogens is 1. The van der Waals surface area contributed by atoms with Crippen molar-refractivity contribution < 1.29 is 4.74 Å². The molecule has 0 radical (unpaired) electrons. The van der Waals surface area contributed by atoms with Crippen LogP contribution in [0.15, 0.2) is 96.1 Å². The smallest absolute Gasteiger partial charge is 0.332 e. The van der Waals surface area contributed by atoms with E-state index in [4.69, 9.17) is 4.74 Å². The molecule has 0 aliphatic heterocycles. The molecule has 7 nitrogen and oxygen atoms in total. The number of fused-ring (bicyclic) bond motifs is 1. The van der Waals surface area contributed by atoms with E-state index >= 15 is 0 Å². The van der Waals surface area contributed by atoms with Crippen LogP contribution in [-0.2, 0) is 13.1 Å². The minimum Gasteiger partial charge on any atom is -0.497 e. The van der Waals surface area contributed by atoms with Crippen LogP contribution in [0.4, 0.5) is 5.82 Å². The molecule has 0 saturated heterocycles. The summed E-state index contributed by atoms with van der Waals surface area (Å²) in [5.41, 5.74) is 3.80. The second kappa shape index (κ2) is 9.00. The summed E-state index contributed by atoms with van der Waals surface area (Å²) in [7, 11) is 1.60. The van der Waals surface area contributed by atoms with Crippen molar-refractivity contribution in [1.82, 2.24) is 19.5 Å². The Morgan fingerprint density at radius 2 is 1.55 bits per heavy atom. The molecule has 2 aromatic heterocycles. The zero-order chi connectivity index (χ0) is 22.6. The van der Waals surface area contributed by atoms with E-state index in [-0.39, 0.29) is 5.69 Å². The van der Waals surface area contributed by atoms with Crippen LogP contribution < -0.4 is 15.3 Å². The predicted molar refractivity (Wildman–Crippen MR) is 129 cm³/mol. The molecule has 2 heterocycles. The van der Waals surface area contributed by atoms with E-state index in [2.05, 4.69) is 44.1 Å². The van der Waals surface area contributed by atoms with Crippen LogP contribution in [0.3, 0.4) is 0 Å². The molecule has 0 spiro atoms. The van der Waals surface area contributed by atoms with Gasteiger partial charge >= 0.3 is 5.69 Å². The first-order valence-corrected chi connectivity index (χ1v) is 10.7. The van der Waals surface area contributed by atoms with Gasteiger partial charge in [-0.25, -0.2) is 19.3 Å². The highest BCUT2D eigenvalue weighted by Crippen LogP contribution is 2.26. The van der Waals surface area contributed by atoms with Gasteiger partial charge in [0.05, 0.1) is 12.8 Å². The fourth-order valence-corrected chi connectivity index (χ4v) is 3.95. The molecule has 33 heavy (non-hydrogen) atoms. The number of hydrogen-bond acceptors (Lipinski definition) is 5. The van der Waals surface area contributed by atoms with Gasteiger partial charge in [0, 0.05) is 19.2 Å². The number of benzene rings is 3. The normalized spacial score (nSPS) is 10.9. The van der Waals surface area contributed by atoms with Crippen molar-refractivity contribution in [2.24, 2.45) is 0 Å². The van der Waals surface area contributed by atoms with Gasteiger partial charge in [-0.15, -0.1) is 0 Å². The minimum absolute atomic E-state index is 0.278. The van der Waals surface area contributed by atoms with Crippen molar-refractivity contribution in [3.8, 4) is 11.4 Å². The Kier molecular flexibility index (Phi) is 5.59. The predicted octanol–water partition coefficient (Wildman–Crippen LogP) is 4.32. The summed E-state index contributed by atoms with van der Waals surface area (Å²) in [6.07, 6.45) is 1.50. The maximum absolute atomic E-state index is 13.0. The molecule has 0 aliphatic rings. The molecule has 1 N–H and O–H groups in total. The van der Waals surface area contributed by atoms with Gasteiger partial charge in [0.2, 0.25) is 0 Å². The Bertz CT molecular complexity index is 1390. The number of imidazole rings is 1. The molecule has 0 atom stereocenters. The largest absolute Gasteiger partial charge is 0.497 e. The summed E-state index contributed by atoms with van der Waals surface area (Å²) in [6, 6.07) is 27.8. The van der Waals surface area contributed by atoms with Crippen molar-refractivity contribution in [1.29, 1.82) is 0 Å². The quantitative estimate of drug-likeness (QED) is 0.410. The van der Waals surface area contributed by atoms with Crippen molar-refractivity contribution in [3.63, 3.8) is 0 Å². The number of aromatic amines is 1. The average molecular weight is 438 g/mol. The van der Waals surface area contributed by atoms with Gasteiger partial charge in [0.25, 0.3) is 0 Å². The van der Waals surface area contributed by atoms with Gasteiger partial charge in [-0.3, -0.25) is 0 Å². The molecular weight excluding hydrogens is 414 g/mol. The van der Waals surface area contributed by atoms with Crippen molar-refractivity contribution in [3.05, 3.63) is 113 Å². The van der Waals surface area contributed by atoms with Gasteiger partial charge < -0.3 is 14.6 Å². The number of nitrogens with zero attached hydrogens (tertiary/aromatic N) is 4. The topological polar surface area (TPSA) is 76.0 Å². The Morgan fingerprint density at radius 1 is 0.879 bits per heavy atom. The molecular formula is C26H23N5O2. The first kappa shape index (κ1) is 20.5. The fourth-order valence-electron chi connectivity index (χ4n) is 3.95. The third kappa shape index (κ3) is 4.21. The summed E-state index contributed by atoms with van der Waals surface area (Å²) in [5, 5.41) is 0. The average Bonchev–Trinajstić information content (AvgIpc) is 3.21. The lowest BCUT2D eigenvalue weighted by atomic mass is 10.1. The van der Waals surface area contributed by atoms with Crippen molar-refractivity contribution in [2.45, 2.75) is 13.1 Å². The second-order valence-corrected chi connectivity index (χ2v) is 7.69. The van der Waals surface area contributed by atoms with E-state index in [0.29, 0.717) is 41.5 Å². The standard InChI is InChI=1S/C26H23N5O2/c1-33-22-14-8-13-21(15-22)31-25-23(29-26(31)32)24(27-18-28-25)30(16-19-9-4-2-5-10-19)17-20-11-6-3-7-12-20/h2-15,18H,16-17H2,1H3,(H,29,32). The van der Waals surface area contributed by atoms with E-state index in [9.17, 15) is 4.79 Å². The minimum atomic E-state index is -0.278. The zero-order valence-corrected chi connectivity index (χ0v) is 18.2. The monoisotopic (exact) mass is 437 g/mol. The van der Waals surface area contributed by atoms with E-state index in [1.807, 2.05) is 60.7 Å². The highest BCUT2D eigenvalue weighted by Gasteiger charge is 2.19. The number of methoxy groups -OCH3 is 1. The molecule has 0 fully saturated rings. The molecule has 5 rings (SSSR count). The van der Waals surface area contributed by atoms with Gasteiger partial charge in [0.1, 0.15) is 17.6 Å². The molecule has 0 unspecified atom stereocenters. The Labute approximate surface area is 190 Å². The lowest BCUT2D eigenvalue weighted by Crippen LogP contribution is -2.23. The van der Waals surface area contributed by atoms with Crippen molar-refractivity contribution in [2.75, 3.05) is 12.0 Å². The Hall–Kier alpha value is -4.39. The molecule has 3 aromatic carbocycles. The number of rotatable bonds is 7. The van der Waals surface area contributed by atoms with Crippen LogP contribution in [0.2, 0.25) is 0 Å². The highest BCUT2D eigenvalue weighted by atomic mass is 16.5. The summed E-state index contributed by atoms with van der Waals surface area (Å²) < 4.78 is 6.88. The molecule has 164 valence electrons. The molecule has 0 amide bonds. The Morgan fingerprint density at radius 3 is 2.18 bits per heavy atom. The van der Waals surface area contributed by atoms with Gasteiger partial charge in [0.15, 0.2) is 11.5 Å². The maximum Gasteiger partial charge on any atom is 0.332 e. The summed E-state index contributed by atoms with van der Waals surface area (Å²) in [6.45, 7) is 1.27. The molecule has 0 aliphatic carbocycles. The number of hydrogen-bond donors (Lipinski definition) is 1. The van der Waals surface area contributed by atoms with Crippen LogP contribution in [0, 0.1) is 0 Å². The molecule has 7 heteroatoms. The molecule has 0 bridgehead atoms. The maximum atomic E-state index is 13.0. The molecule has 5 aromatic rings. The third-order valence-corrected chi connectivity index (χ3v) is 5.50. The van der Waals surface area contributed by atoms with Gasteiger partial charge in [-0.1, -0.05) is 66.7 Å². The van der Waals surface area contributed by atoms with E-state index in [0.717, 1.165) is 11.1 Å². The lowest BCUT2D eigenvalue weighted by molar-refractivity contribution is 0.414. The van der Waals surface area contributed by atoms with Crippen LogP contribution in [-0.4, -0.2) is 26.6 Å². The summed E-state index contributed by atoms with van der Waals surface area (Å²) >= 11 is 0. The number of aromatic nitrogens is 4. The lowest BCUT2D eigenvalue weighted by Gasteiger charge is -2.24. The van der Waals surface area contributed by atoms with Crippen LogP contribution >= 0.6 is 0 Å². The van der Waals surface area contributed by atoms with Crippen LogP contribution in [0.25, 0.3) is 16.9 Å². The van der Waals surface area contributed by atoms with Crippen LogP contribution in [0.5, 0.6) is 5.75 Å². The molecule has 0 saturated carbocycles. The summed E-state index contributed by atoms with van der Waals surface area (Å²) in [4.78, 5) is 27.2. The second-order valence-electron chi connectivity index (χ2n) is 7.69. The zero-order valence-electron chi connectivity index (χ0n) is 18.2. The van der Waals surface area contributed by atoms with E-state index in [1.54, 1.807) is 11.7 Å². The first-order chi connectivity index (χ1) is 16.2. The third-order valence-electron chi connectivity index (χ3n) is 5.50. The highest BCUT2D eigenvalue weighted by molar-refractivity contribution is 5.84. The SMILES string of the molecule is COc1cccc(-n2c(=O)[nH]c3c(N(Cc4ccccc4)Cc4ccccc4)ncnc32)c1. The number of ether oxygens (including phenoxy) is 1. The Balaban J connectivity index is 1.63. The number of anilines is 1. The van der Waals surface area contributed by atoms with E-state index in [1.165, 1.54) is 6.33 Å². The van der Waals surface area contributed by atoms with E-state index < -0.39 is 0 Å². The summed E-state index contributed by atoms with van der Waals surface area (Å²) in [5.74, 6) is 1.34. The van der Waals surface area contributed by atoms with Crippen LogP contribution in [0.1, 0.15) is 11.1 Å². The fraction of sp³-hybridized carbons (Fsp3) is 0.115. The van der Waals surface area contributed by atoms with Gasteiger partial charge in [-0.2, -0.15) is 0 Å². The number of nitrogens with one attached hydrogen (secondary N) is 1.